The highest BCUT2D eigenvalue weighted by molar-refractivity contribution is 6.04. The number of pyridine rings is 2. The molecule has 0 atom stereocenters. The van der Waals surface area contributed by atoms with E-state index < -0.39 is 5.91 Å². The zero-order valence-electron chi connectivity index (χ0n) is 15.9. The van der Waals surface area contributed by atoms with Gasteiger partial charge in [-0.1, -0.05) is 5.16 Å². The smallest absolute Gasteiger partial charge is 0.289 e. The van der Waals surface area contributed by atoms with Gasteiger partial charge in [0, 0.05) is 32.6 Å². The van der Waals surface area contributed by atoms with Crippen LogP contribution in [0.4, 0.5) is 17.2 Å². The molecule has 0 unspecified atom stereocenters. The van der Waals surface area contributed by atoms with E-state index in [2.05, 4.69) is 25.9 Å². The summed E-state index contributed by atoms with van der Waals surface area (Å²) < 4.78 is 8.15. The number of nitrogens with one attached hydrogen (secondary N) is 2. The molecule has 1 amide bonds. The number of aryl methyl sites for hydroxylation is 2. The van der Waals surface area contributed by atoms with Crippen molar-refractivity contribution in [2.45, 2.75) is 6.92 Å². The molecular formula is C18H18N8O3. The first-order chi connectivity index (χ1) is 13.9. The molecule has 4 N–H and O–H groups in total. The SMILES string of the molecule is CNc1cc(Nc2cccn(-c3cn(C)nc3C)c2=O)nc2c(C(N)=O)onc12. The first-order valence-corrected chi connectivity index (χ1v) is 8.66. The second-order valence-corrected chi connectivity index (χ2v) is 6.37. The van der Waals surface area contributed by atoms with Crippen LogP contribution >= 0.6 is 0 Å². The van der Waals surface area contributed by atoms with Crippen LogP contribution in [0.25, 0.3) is 16.7 Å². The van der Waals surface area contributed by atoms with Crippen molar-refractivity contribution in [2.24, 2.45) is 12.8 Å². The van der Waals surface area contributed by atoms with E-state index in [0.29, 0.717) is 28.4 Å². The lowest BCUT2D eigenvalue weighted by molar-refractivity contribution is 0.0967. The van der Waals surface area contributed by atoms with Gasteiger partial charge in [-0.2, -0.15) is 5.10 Å². The zero-order valence-corrected chi connectivity index (χ0v) is 15.9. The molecule has 0 aliphatic heterocycles. The maximum Gasteiger partial charge on any atom is 0.289 e. The molecule has 0 bridgehead atoms. The van der Waals surface area contributed by atoms with Crippen molar-refractivity contribution < 1.29 is 9.32 Å². The molecule has 4 heterocycles. The number of carbonyl (C=O) groups is 1. The minimum Gasteiger partial charge on any atom is -0.386 e. The molecule has 11 heteroatoms. The molecule has 11 nitrogen and oxygen atoms in total. The molecule has 0 saturated heterocycles. The maximum atomic E-state index is 13.0. The molecule has 29 heavy (non-hydrogen) atoms. The van der Waals surface area contributed by atoms with Crippen LogP contribution in [0.3, 0.4) is 0 Å². The third kappa shape index (κ3) is 3.08. The van der Waals surface area contributed by atoms with Crippen LogP contribution in [-0.2, 0) is 7.05 Å². The number of hydrogen-bond donors (Lipinski definition) is 3. The predicted molar refractivity (Wildman–Crippen MR) is 107 cm³/mol. The number of aromatic nitrogens is 5. The second-order valence-electron chi connectivity index (χ2n) is 6.37. The number of anilines is 3. The zero-order chi connectivity index (χ0) is 20.7. The number of carbonyl (C=O) groups excluding carboxylic acids is 1. The van der Waals surface area contributed by atoms with Gasteiger partial charge in [-0.05, 0) is 19.1 Å². The molecule has 4 aromatic heterocycles. The van der Waals surface area contributed by atoms with E-state index in [9.17, 15) is 9.59 Å². The monoisotopic (exact) mass is 394 g/mol. The average molecular weight is 394 g/mol. The van der Waals surface area contributed by atoms with Gasteiger partial charge in [-0.3, -0.25) is 18.8 Å². The Hall–Kier alpha value is -4.15. The Morgan fingerprint density at radius 1 is 1.28 bits per heavy atom. The Kier molecular flexibility index (Phi) is 4.26. The van der Waals surface area contributed by atoms with Gasteiger partial charge in [0.05, 0.1) is 17.1 Å². The third-order valence-corrected chi connectivity index (χ3v) is 4.39. The van der Waals surface area contributed by atoms with Gasteiger partial charge >= 0.3 is 0 Å². The summed E-state index contributed by atoms with van der Waals surface area (Å²) in [7, 11) is 3.48. The number of rotatable bonds is 5. The standard InChI is InChI=1S/C18H18N8O3/c1-9-12(8-25(3)23-9)26-6-4-5-10(18(26)28)21-13-7-11(20-2)14-15(22-13)16(17(19)27)29-24-14/h4-8,20H,1-3H3,(H2,19,27)(H,21,22). The Morgan fingerprint density at radius 2 is 2.07 bits per heavy atom. The lowest BCUT2D eigenvalue weighted by Crippen LogP contribution is -2.20. The lowest BCUT2D eigenvalue weighted by Gasteiger charge is -2.10. The van der Waals surface area contributed by atoms with Crippen molar-refractivity contribution in [3.05, 3.63) is 52.4 Å². The Bertz CT molecular complexity index is 1300. The number of nitrogens with two attached hydrogens (primary N) is 1. The number of amides is 1. The molecule has 0 aliphatic rings. The predicted octanol–water partition coefficient (Wildman–Crippen LogP) is 1.30. The fraction of sp³-hybridized carbons (Fsp3) is 0.167. The molecule has 4 aromatic rings. The van der Waals surface area contributed by atoms with Crippen molar-refractivity contribution in [1.29, 1.82) is 0 Å². The van der Waals surface area contributed by atoms with Gasteiger partial charge in [0.15, 0.2) is 5.52 Å². The van der Waals surface area contributed by atoms with Crippen molar-refractivity contribution in [1.82, 2.24) is 24.5 Å². The topological polar surface area (TPSA) is 146 Å². The van der Waals surface area contributed by atoms with Crippen molar-refractivity contribution in [2.75, 3.05) is 17.7 Å². The van der Waals surface area contributed by atoms with Crippen molar-refractivity contribution in [3.8, 4) is 5.69 Å². The first kappa shape index (κ1) is 18.2. The molecule has 0 spiro atoms. The molecule has 0 fully saturated rings. The molecule has 0 radical (unpaired) electrons. The fourth-order valence-corrected chi connectivity index (χ4v) is 3.08. The van der Waals surface area contributed by atoms with Gasteiger partial charge in [-0.25, -0.2) is 4.98 Å². The van der Waals surface area contributed by atoms with E-state index in [1.165, 1.54) is 4.57 Å². The molecule has 148 valence electrons. The normalized spacial score (nSPS) is 11.0. The summed E-state index contributed by atoms with van der Waals surface area (Å²) >= 11 is 0. The highest BCUT2D eigenvalue weighted by atomic mass is 16.5. The summed E-state index contributed by atoms with van der Waals surface area (Å²) in [6.45, 7) is 1.83. The lowest BCUT2D eigenvalue weighted by atomic mass is 10.2. The van der Waals surface area contributed by atoms with Crippen LogP contribution in [0.2, 0.25) is 0 Å². The van der Waals surface area contributed by atoms with E-state index in [0.717, 1.165) is 5.69 Å². The largest absolute Gasteiger partial charge is 0.386 e. The summed E-state index contributed by atoms with van der Waals surface area (Å²) in [5.74, 6) is -0.616. The Balaban J connectivity index is 1.80. The van der Waals surface area contributed by atoms with E-state index in [1.807, 2.05) is 6.92 Å². The molecular weight excluding hydrogens is 376 g/mol. The maximum absolute atomic E-state index is 13.0. The summed E-state index contributed by atoms with van der Waals surface area (Å²) in [5.41, 5.74) is 7.87. The highest BCUT2D eigenvalue weighted by Crippen LogP contribution is 2.27. The highest BCUT2D eigenvalue weighted by Gasteiger charge is 2.19. The first-order valence-electron chi connectivity index (χ1n) is 8.66. The van der Waals surface area contributed by atoms with E-state index >= 15 is 0 Å². The molecule has 0 saturated carbocycles. The third-order valence-electron chi connectivity index (χ3n) is 4.39. The van der Waals surface area contributed by atoms with Crippen LogP contribution in [0.5, 0.6) is 0 Å². The van der Waals surface area contributed by atoms with Crippen molar-refractivity contribution >= 4 is 34.1 Å². The number of nitrogens with zero attached hydrogens (tertiary/aromatic N) is 5. The summed E-state index contributed by atoms with van der Waals surface area (Å²) in [4.78, 5) is 28.9. The summed E-state index contributed by atoms with van der Waals surface area (Å²) in [6, 6.07) is 5.03. The van der Waals surface area contributed by atoms with Gasteiger partial charge in [-0.15, -0.1) is 0 Å². The van der Waals surface area contributed by atoms with Crippen molar-refractivity contribution in [3.63, 3.8) is 0 Å². The summed E-state index contributed by atoms with van der Waals surface area (Å²) in [5, 5.41) is 14.1. The Morgan fingerprint density at radius 3 is 2.72 bits per heavy atom. The van der Waals surface area contributed by atoms with Gasteiger partial charge in [0.25, 0.3) is 11.5 Å². The quantitative estimate of drug-likeness (QED) is 0.459. The fourth-order valence-electron chi connectivity index (χ4n) is 3.08. The number of hydrogen-bond acceptors (Lipinski definition) is 8. The van der Waals surface area contributed by atoms with Crippen LogP contribution in [-0.4, -0.2) is 37.4 Å². The number of primary amides is 1. The van der Waals surface area contributed by atoms with E-state index in [4.69, 9.17) is 10.3 Å². The van der Waals surface area contributed by atoms with Crippen LogP contribution < -0.4 is 21.9 Å². The minimum absolute atomic E-state index is 0.156. The second kappa shape index (κ2) is 6.78. The molecule has 0 aliphatic carbocycles. The average Bonchev–Trinajstić information content (AvgIpc) is 3.25. The van der Waals surface area contributed by atoms with Gasteiger partial charge in [0.2, 0.25) is 5.76 Å². The number of fused-ring (bicyclic) bond motifs is 1. The van der Waals surface area contributed by atoms with E-state index in [1.54, 1.807) is 49.4 Å². The summed E-state index contributed by atoms with van der Waals surface area (Å²) in [6.07, 6.45) is 3.43. The van der Waals surface area contributed by atoms with Gasteiger partial charge in [0.1, 0.15) is 17.0 Å². The Labute approximate surface area is 164 Å². The molecule has 4 rings (SSSR count). The van der Waals surface area contributed by atoms with Crippen LogP contribution in [0.1, 0.15) is 16.2 Å². The van der Waals surface area contributed by atoms with E-state index in [-0.39, 0.29) is 16.8 Å². The van der Waals surface area contributed by atoms with Crippen LogP contribution in [0, 0.1) is 6.92 Å². The van der Waals surface area contributed by atoms with Gasteiger partial charge < -0.3 is 20.9 Å². The minimum atomic E-state index is -0.784. The van der Waals surface area contributed by atoms with Crippen LogP contribution in [0.15, 0.2) is 39.9 Å². The molecule has 0 aromatic carbocycles.